The van der Waals surface area contributed by atoms with E-state index in [-0.39, 0.29) is 11.4 Å². The van der Waals surface area contributed by atoms with E-state index >= 15 is 0 Å². The van der Waals surface area contributed by atoms with Crippen molar-refractivity contribution in [2.45, 2.75) is 19.6 Å². The first-order valence-electron chi connectivity index (χ1n) is 5.23. The van der Waals surface area contributed by atoms with Crippen LogP contribution in [0.3, 0.4) is 0 Å². The third-order valence-corrected chi connectivity index (χ3v) is 2.25. The van der Waals surface area contributed by atoms with Gasteiger partial charge in [0.25, 0.3) is 0 Å². The van der Waals surface area contributed by atoms with Crippen molar-refractivity contribution in [3.63, 3.8) is 0 Å². The predicted molar refractivity (Wildman–Crippen MR) is 62.5 cm³/mol. The Morgan fingerprint density at radius 3 is 2.58 bits per heavy atom. The van der Waals surface area contributed by atoms with Gasteiger partial charge in [-0.05, 0) is 6.92 Å². The molecular formula is C11H13F3N2O3. The van der Waals surface area contributed by atoms with Crippen molar-refractivity contribution in [3.05, 3.63) is 17.9 Å². The molecule has 1 aromatic rings. The van der Waals surface area contributed by atoms with Gasteiger partial charge in [0.05, 0.1) is 18.5 Å². The first-order valence-corrected chi connectivity index (χ1v) is 5.23. The fourth-order valence-corrected chi connectivity index (χ4v) is 1.35. The highest BCUT2D eigenvalue weighted by Crippen LogP contribution is 2.29. The van der Waals surface area contributed by atoms with E-state index in [9.17, 15) is 18.0 Å². The number of hydrogen-bond donors (Lipinski definition) is 2. The Bertz CT molecular complexity index is 469. The minimum atomic E-state index is -3.16. The van der Waals surface area contributed by atoms with Gasteiger partial charge in [-0.15, -0.1) is 0 Å². The highest BCUT2D eigenvalue weighted by atomic mass is 19.3. The standard InChI is InChI=1S/C11H13F3N2O3/c1-5(10(17)18-2)16-8-4-9(19-11(13)14)6(12)3-7(8)15/h3-5,11,16H,15H2,1-2H3. The van der Waals surface area contributed by atoms with Crippen LogP contribution < -0.4 is 15.8 Å². The normalized spacial score (nSPS) is 12.1. The molecule has 1 aromatic carbocycles. The van der Waals surface area contributed by atoms with Gasteiger partial charge in [-0.1, -0.05) is 0 Å². The van der Waals surface area contributed by atoms with Gasteiger partial charge >= 0.3 is 12.6 Å². The Morgan fingerprint density at radius 2 is 2.05 bits per heavy atom. The molecule has 0 bridgehead atoms. The van der Waals surface area contributed by atoms with Crippen LogP contribution >= 0.6 is 0 Å². The second-order valence-electron chi connectivity index (χ2n) is 3.64. The van der Waals surface area contributed by atoms with Crippen molar-refractivity contribution >= 4 is 17.3 Å². The second kappa shape index (κ2) is 6.17. The summed E-state index contributed by atoms with van der Waals surface area (Å²) in [5.41, 5.74) is 5.56. The molecule has 0 radical (unpaired) electrons. The molecule has 0 saturated heterocycles. The lowest BCUT2D eigenvalue weighted by atomic mass is 10.2. The van der Waals surface area contributed by atoms with Crippen LogP contribution in [0.1, 0.15) is 6.92 Å². The largest absolute Gasteiger partial charge is 0.467 e. The molecule has 8 heteroatoms. The van der Waals surface area contributed by atoms with E-state index in [0.717, 1.165) is 12.1 Å². The second-order valence-corrected chi connectivity index (χ2v) is 3.64. The van der Waals surface area contributed by atoms with E-state index in [2.05, 4.69) is 14.8 Å². The average Bonchev–Trinajstić information content (AvgIpc) is 2.33. The number of benzene rings is 1. The topological polar surface area (TPSA) is 73.6 Å². The van der Waals surface area contributed by atoms with Gasteiger partial charge in [-0.2, -0.15) is 8.78 Å². The quantitative estimate of drug-likeness (QED) is 0.636. The number of anilines is 2. The molecule has 1 atom stereocenters. The summed E-state index contributed by atoms with van der Waals surface area (Å²) in [6, 6.07) is 0.998. The number of nitrogens with one attached hydrogen (secondary N) is 1. The summed E-state index contributed by atoms with van der Waals surface area (Å²) < 4.78 is 45.9. The Balaban J connectivity index is 2.97. The van der Waals surface area contributed by atoms with Crippen molar-refractivity contribution < 1.29 is 27.4 Å². The SMILES string of the molecule is COC(=O)C(C)Nc1cc(OC(F)F)c(F)cc1N. The summed E-state index contributed by atoms with van der Waals surface area (Å²) in [5, 5.41) is 2.61. The van der Waals surface area contributed by atoms with Gasteiger partial charge in [-0.25, -0.2) is 9.18 Å². The lowest BCUT2D eigenvalue weighted by Gasteiger charge is -2.16. The summed E-state index contributed by atoms with van der Waals surface area (Å²) in [5.74, 6) is -2.27. The Hall–Kier alpha value is -2.12. The van der Waals surface area contributed by atoms with E-state index in [1.165, 1.54) is 14.0 Å². The number of halogens is 3. The minimum absolute atomic E-state index is 0.0464. The van der Waals surface area contributed by atoms with Crippen molar-refractivity contribution in [2.75, 3.05) is 18.2 Å². The van der Waals surface area contributed by atoms with Crippen LogP contribution in [0.5, 0.6) is 5.75 Å². The number of nitrogen functional groups attached to an aromatic ring is 1. The van der Waals surface area contributed by atoms with Crippen LogP contribution in [-0.2, 0) is 9.53 Å². The van der Waals surface area contributed by atoms with Crippen LogP contribution in [0.2, 0.25) is 0 Å². The number of methoxy groups -OCH3 is 1. The zero-order valence-corrected chi connectivity index (χ0v) is 10.2. The average molecular weight is 278 g/mol. The molecule has 0 amide bonds. The molecule has 0 aliphatic rings. The van der Waals surface area contributed by atoms with Crippen LogP contribution in [0.15, 0.2) is 12.1 Å². The van der Waals surface area contributed by atoms with Crippen molar-refractivity contribution in [3.8, 4) is 5.75 Å². The maximum absolute atomic E-state index is 13.3. The Labute approximate surface area is 107 Å². The molecule has 0 heterocycles. The van der Waals surface area contributed by atoms with Crippen LogP contribution in [-0.4, -0.2) is 25.7 Å². The number of nitrogens with two attached hydrogens (primary N) is 1. The number of esters is 1. The number of carbonyl (C=O) groups is 1. The molecule has 0 aliphatic heterocycles. The van der Waals surface area contributed by atoms with Crippen LogP contribution in [0.25, 0.3) is 0 Å². The zero-order valence-electron chi connectivity index (χ0n) is 10.2. The first-order chi connectivity index (χ1) is 8.85. The molecule has 0 aliphatic carbocycles. The highest BCUT2D eigenvalue weighted by molar-refractivity contribution is 5.81. The zero-order chi connectivity index (χ0) is 14.6. The molecule has 0 aromatic heterocycles. The lowest BCUT2D eigenvalue weighted by Crippen LogP contribution is -2.27. The van der Waals surface area contributed by atoms with E-state index in [0.29, 0.717) is 0 Å². The van der Waals surface area contributed by atoms with Gasteiger partial charge < -0.3 is 20.5 Å². The third-order valence-electron chi connectivity index (χ3n) is 2.25. The number of ether oxygens (including phenoxy) is 2. The van der Waals surface area contributed by atoms with Gasteiger partial charge in [0.15, 0.2) is 11.6 Å². The maximum atomic E-state index is 13.3. The van der Waals surface area contributed by atoms with E-state index in [1.807, 2.05) is 0 Å². The van der Waals surface area contributed by atoms with Gasteiger partial charge in [0.1, 0.15) is 6.04 Å². The molecule has 106 valence electrons. The van der Waals surface area contributed by atoms with Gasteiger partial charge in [-0.3, -0.25) is 0 Å². The van der Waals surface area contributed by atoms with E-state index in [4.69, 9.17) is 5.73 Å². The number of carbonyl (C=O) groups excluding carboxylic acids is 1. The number of rotatable bonds is 5. The van der Waals surface area contributed by atoms with Gasteiger partial charge in [0.2, 0.25) is 0 Å². The summed E-state index contributed by atoms with van der Waals surface area (Å²) in [6.07, 6.45) is 0. The van der Waals surface area contributed by atoms with E-state index in [1.54, 1.807) is 0 Å². The Kier molecular flexibility index (Phi) is 4.85. The van der Waals surface area contributed by atoms with Gasteiger partial charge in [0, 0.05) is 12.1 Å². The van der Waals surface area contributed by atoms with Crippen molar-refractivity contribution in [1.29, 1.82) is 0 Å². The first kappa shape index (κ1) is 14.9. The van der Waals surface area contributed by atoms with E-state index < -0.39 is 30.2 Å². The smallest absolute Gasteiger partial charge is 0.387 e. The number of alkyl halides is 2. The molecule has 0 spiro atoms. The van der Waals surface area contributed by atoms with Crippen LogP contribution in [0, 0.1) is 5.82 Å². The molecule has 1 rings (SSSR count). The molecule has 3 N–H and O–H groups in total. The minimum Gasteiger partial charge on any atom is -0.467 e. The summed E-state index contributed by atoms with van der Waals surface area (Å²) >= 11 is 0. The fourth-order valence-electron chi connectivity index (χ4n) is 1.35. The summed E-state index contributed by atoms with van der Waals surface area (Å²) in [4.78, 5) is 11.2. The maximum Gasteiger partial charge on any atom is 0.387 e. The van der Waals surface area contributed by atoms with Crippen molar-refractivity contribution in [1.82, 2.24) is 0 Å². The fraction of sp³-hybridized carbons (Fsp3) is 0.364. The molecular weight excluding hydrogens is 265 g/mol. The monoisotopic (exact) mass is 278 g/mol. The summed E-state index contributed by atoms with van der Waals surface area (Å²) in [7, 11) is 1.19. The molecule has 1 unspecified atom stereocenters. The molecule has 0 saturated carbocycles. The van der Waals surface area contributed by atoms with Crippen molar-refractivity contribution in [2.24, 2.45) is 0 Å². The lowest BCUT2D eigenvalue weighted by molar-refractivity contribution is -0.141. The predicted octanol–water partition coefficient (Wildman–Crippen LogP) is 1.98. The van der Waals surface area contributed by atoms with Crippen LogP contribution in [0.4, 0.5) is 24.5 Å². The third kappa shape index (κ3) is 3.94. The Morgan fingerprint density at radius 1 is 1.42 bits per heavy atom. The molecule has 19 heavy (non-hydrogen) atoms. The summed E-state index contributed by atoms with van der Waals surface area (Å²) in [6.45, 7) is -1.69. The molecule has 0 fully saturated rings. The highest BCUT2D eigenvalue weighted by Gasteiger charge is 2.17. The molecule has 5 nitrogen and oxygen atoms in total. The number of hydrogen-bond acceptors (Lipinski definition) is 5.